The van der Waals surface area contributed by atoms with Gasteiger partial charge in [-0.25, -0.2) is 4.39 Å². The zero-order valence-corrected chi connectivity index (χ0v) is 19.1. The highest BCUT2D eigenvalue weighted by atomic mass is 19.1. The molecule has 0 fully saturated rings. The lowest BCUT2D eigenvalue weighted by Gasteiger charge is -2.28. The molecule has 1 unspecified atom stereocenters. The zero-order valence-electron chi connectivity index (χ0n) is 19.1. The lowest BCUT2D eigenvalue weighted by molar-refractivity contribution is 0.353. The number of hydrogen-bond acceptors (Lipinski definition) is 6. The Morgan fingerprint density at radius 2 is 1.32 bits per heavy atom. The van der Waals surface area contributed by atoms with E-state index < -0.39 is 11.2 Å². The highest BCUT2D eigenvalue weighted by Gasteiger charge is 2.49. The number of rotatable bonds is 6. The molecule has 0 saturated heterocycles. The third kappa shape index (κ3) is 3.22. The first-order valence-electron chi connectivity index (χ1n) is 10.3. The van der Waals surface area contributed by atoms with E-state index in [4.69, 9.17) is 18.9 Å². The number of nitriles is 2. The van der Waals surface area contributed by atoms with Gasteiger partial charge in [0.25, 0.3) is 0 Å². The molecule has 1 aliphatic carbocycles. The van der Waals surface area contributed by atoms with Gasteiger partial charge in [-0.05, 0) is 53.1 Å². The monoisotopic (exact) mass is 456 g/mol. The van der Waals surface area contributed by atoms with Crippen molar-refractivity contribution in [2.24, 2.45) is 0 Å². The Hall–Kier alpha value is -4.49. The summed E-state index contributed by atoms with van der Waals surface area (Å²) >= 11 is 0. The molecule has 1 aliphatic rings. The number of hydrogen-bond donors (Lipinski definition) is 0. The standard InChI is InChI=1S/C27H21FN2O4/c1-31-22-10-7-17(11-23(22)32-2)27(15-30)21-13-25(34-4)24(33-3)12-19(21)20(14-29)26(27)16-5-8-18(28)9-6-16/h5-13H,1-4H3. The van der Waals surface area contributed by atoms with E-state index in [9.17, 15) is 14.9 Å². The second-order valence-electron chi connectivity index (χ2n) is 7.55. The van der Waals surface area contributed by atoms with E-state index in [2.05, 4.69) is 12.1 Å². The second kappa shape index (κ2) is 8.80. The van der Waals surface area contributed by atoms with Crippen LogP contribution in [0.2, 0.25) is 0 Å². The largest absolute Gasteiger partial charge is 0.493 e. The van der Waals surface area contributed by atoms with Crippen molar-refractivity contribution >= 4 is 11.1 Å². The third-order valence-electron chi connectivity index (χ3n) is 6.05. The van der Waals surface area contributed by atoms with E-state index in [-0.39, 0.29) is 0 Å². The number of allylic oxidation sites excluding steroid dienone is 2. The summed E-state index contributed by atoms with van der Waals surface area (Å²) in [4.78, 5) is 0. The average Bonchev–Trinajstić information content (AvgIpc) is 3.17. The van der Waals surface area contributed by atoms with E-state index in [1.54, 1.807) is 42.5 Å². The molecule has 0 amide bonds. The molecule has 3 aromatic rings. The van der Waals surface area contributed by atoms with Gasteiger partial charge in [-0.2, -0.15) is 10.5 Å². The van der Waals surface area contributed by atoms with E-state index in [0.717, 1.165) is 0 Å². The molecule has 0 saturated carbocycles. The van der Waals surface area contributed by atoms with Crippen molar-refractivity contribution in [2.45, 2.75) is 5.41 Å². The summed E-state index contributed by atoms with van der Waals surface area (Å²) in [7, 11) is 6.04. The van der Waals surface area contributed by atoms with E-state index in [1.165, 1.54) is 40.6 Å². The quantitative estimate of drug-likeness (QED) is 0.512. The maximum Gasteiger partial charge on any atom is 0.161 e. The first kappa shape index (κ1) is 22.7. The Morgan fingerprint density at radius 1 is 0.735 bits per heavy atom. The predicted molar refractivity (Wildman–Crippen MR) is 124 cm³/mol. The molecule has 4 rings (SSSR count). The maximum atomic E-state index is 13.8. The molecule has 7 heteroatoms. The van der Waals surface area contributed by atoms with Crippen LogP contribution in [0.15, 0.2) is 54.6 Å². The molecular formula is C27H21FN2O4. The Kier molecular flexibility index (Phi) is 5.88. The molecule has 6 nitrogen and oxygen atoms in total. The van der Waals surface area contributed by atoms with Crippen LogP contribution in [0.3, 0.4) is 0 Å². The van der Waals surface area contributed by atoms with Gasteiger partial charge in [0.05, 0.1) is 40.1 Å². The number of methoxy groups -OCH3 is 4. The van der Waals surface area contributed by atoms with Crippen molar-refractivity contribution in [1.82, 2.24) is 0 Å². The molecule has 3 aromatic carbocycles. The Bertz CT molecular complexity index is 1380. The summed E-state index contributed by atoms with van der Waals surface area (Å²) in [5.41, 5.74) is 1.51. The maximum absolute atomic E-state index is 13.8. The molecule has 0 aromatic heterocycles. The smallest absolute Gasteiger partial charge is 0.161 e. The summed E-state index contributed by atoms with van der Waals surface area (Å²) in [6, 6.07) is 19.0. The Balaban J connectivity index is 2.16. The lowest BCUT2D eigenvalue weighted by atomic mass is 9.70. The van der Waals surface area contributed by atoms with Crippen molar-refractivity contribution in [2.75, 3.05) is 28.4 Å². The first-order chi connectivity index (χ1) is 16.5. The summed E-state index contributed by atoms with van der Waals surface area (Å²) in [5.74, 6) is 1.35. The van der Waals surface area contributed by atoms with Gasteiger partial charge in [0.1, 0.15) is 17.3 Å². The van der Waals surface area contributed by atoms with E-state index >= 15 is 0 Å². The molecule has 0 aliphatic heterocycles. The fourth-order valence-corrected chi connectivity index (χ4v) is 4.50. The summed E-state index contributed by atoms with van der Waals surface area (Å²) in [6.07, 6.45) is 0. The first-order valence-corrected chi connectivity index (χ1v) is 10.3. The van der Waals surface area contributed by atoms with Crippen LogP contribution in [0, 0.1) is 28.5 Å². The van der Waals surface area contributed by atoms with Crippen LogP contribution in [-0.2, 0) is 5.41 Å². The number of benzene rings is 3. The summed E-state index contributed by atoms with van der Waals surface area (Å²) in [5, 5.41) is 21.0. The fraction of sp³-hybridized carbons (Fsp3) is 0.185. The normalized spacial score (nSPS) is 16.3. The van der Waals surface area contributed by atoms with E-state index in [0.29, 0.717) is 56.4 Å². The average molecular weight is 456 g/mol. The van der Waals surface area contributed by atoms with Crippen LogP contribution in [0.25, 0.3) is 11.1 Å². The van der Waals surface area contributed by atoms with Gasteiger partial charge in [0, 0.05) is 11.1 Å². The lowest BCUT2D eigenvalue weighted by Crippen LogP contribution is -2.26. The van der Waals surface area contributed by atoms with Gasteiger partial charge in [-0.1, -0.05) is 18.2 Å². The van der Waals surface area contributed by atoms with Crippen LogP contribution in [0.1, 0.15) is 22.3 Å². The van der Waals surface area contributed by atoms with Crippen molar-refractivity contribution in [3.05, 3.63) is 82.7 Å². The molecule has 0 radical (unpaired) electrons. The molecular weight excluding hydrogens is 435 g/mol. The van der Waals surface area contributed by atoms with Crippen LogP contribution in [0.4, 0.5) is 4.39 Å². The predicted octanol–water partition coefficient (Wildman–Crippen LogP) is 5.12. The van der Waals surface area contributed by atoms with Gasteiger partial charge >= 0.3 is 0 Å². The van der Waals surface area contributed by atoms with E-state index in [1.807, 2.05) is 0 Å². The fourth-order valence-electron chi connectivity index (χ4n) is 4.50. The van der Waals surface area contributed by atoms with Gasteiger partial charge in [-0.15, -0.1) is 0 Å². The molecule has 0 spiro atoms. The SMILES string of the molecule is COc1ccc(C2(C#N)C(c3ccc(F)cc3)=C(C#N)c3cc(OC)c(OC)cc32)cc1OC. The molecule has 0 N–H and O–H groups in total. The number of fused-ring (bicyclic) bond motifs is 1. The molecule has 0 bridgehead atoms. The third-order valence-corrected chi connectivity index (χ3v) is 6.05. The molecule has 170 valence electrons. The highest BCUT2D eigenvalue weighted by Crippen LogP contribution is 2.57. The van der Waals surface area contributed by atoms with Crippen molar-refractivity contribution in [3.63, 3.8) is 0 Å². The van der Waals surface area contributed by atoms with Gasteiger partial charge in [0.2, 0.25) is 0 Å². The molecule has 0 heterocycles. The van der Waals surface area contributed by atoms with Crippen molar-refractivity contribution in [3.8, 4) is 35.1 Å². The van der Waals surface area contributed by atoms with Crippen molar-refractivity contribution < 1.29 is 23.3 Å². The number of ether oxygens (including phenoxy) is 4. The molecule has 1 atom stereocenters. The second-order valence-corrected chi connectivity index (χ2v) is 7.55. The van der Waals surface area contributed by atoms with Crippen LogP contribution in [0.5, 0.6) is 23.0 Å². The summed E-state index contributed by atoms with van der Waals surface area (Å²) in [6.45, 7) is 0. The highest BCUT2D eigenvalue weighted by molar-refractivity contribution is 6.10. The zero-order chi connectivity index (χ0) is 24.5. The number of halogens is 1. The Morgan fingerprint density at radius 3 is 1.88 bits per heavy atom. The van der Waals surface area contributed by atoms with Crippen LogP contribution >= 0.6 is 0 Å². The Labute approximate surface area is 197 Å². The van der Waals surface area contributed by atoms with Crippen LogP contribution < -0.4 is 18.9 Å². The topological polar surface area (TPSA) is 84.5 Å². The molecule has 34 heavy (non-hydrogen) atoms. The minimum atomic E-state index is -1.42. The van der Waals surface area contributed by atoms with Gasteiger partial charge in [0.15, 0.2) is 23.0 Å². The van der Waals surface area contributed by atoms with Gasteiger partial charge < -0.3 is 18.9 Å². The minimum absolute atomic E-state index is 0.291. The minimum Gasteiger partial charge on any atom is -0.493 e. The number of nitrogens with zero attached hydrogens (tertiary/aromatic N) is 2. The summed E-state index contributed by atoms with van der Waals surface area (Å²) < 4.78 is 35.6. The van der Waals surface area contributed by atoms with Gasteiger partial charge in [-0.3, -0.25) is 0 Å². The van der Waals surface area contributed by atoms with Crippen molar-refractivity contribution in [1.29, 1.82) is 10.5 Å². The van der Waals surface area contributed by atoms with Crippen LogP contribution in [-0.4, -0.2) is 28.4 Å².